The van der Waals surface area contributed by atoms with E-state index in [2.05, 4.69) is 29.2 Å². The molecular weight excluding hydrogens is 377 g/mol. The van der Waals surface area contributed by atoms with Gasteiger partial charge in [0.1, 0.15) is 12.1 Å². The number of hydrogen-bond acceptors (Lipinski definition) is 4. The van der Waals surface area contributed by atoms with Crippen LogP contribution in [0.3, 0.4) is 0 Å². The molecule has 2 aromatic rings. The molecular formula is C20H28FN5OS. The molecule has 2 heterocycles. The van der Waals surface area contributed by atoms with Crippen LogP contribution in [-0.4, -0.2) is 38.2 Å². The maximum absolute atomic E-state index is 13.6. The van der Waals surface area contributed by atoms with Crippen LogP contribution < -0.4 is 5.32 Å². The predicted molar refractivity (Wildman–Crippen MR) is 109 cm³/mol. The van der Waals surface area contributed by atoms with Crippen molar-refractivity contribution < 1.29 is 9.18 Å². The molecule has 0 radical (unpaired) electrons. The van der Waals surface area contributed by atoms with Crippen molar-refractivity contribution in [3.63, 3.8) is 0 Å². The molecule has 3 rings (SSSR count). The fourth-order valence-electron chi connectivity index (χ4n) is 3.41. The second-order valence-corrected chi connectivity index (χ2v) is 8.11. The van der Waals surface area contributed by atoms with Crippen molar-refractivity contribution in [2.24, 2.45) is 5.92 Å². The summed E-state index contributed by atoms with van der Waals surface area (Å²) >= 11 is 5.48. The quantitative estimate of drug-likeness (QED) is 0.748. The van der Waals surface area contributed by atoms with Gasteiger partial charge < -0.3 is 9.88 Å². The van der Waals surface area contributed by atoms with Crippen molar-refractivity contribution in [1.29, 1.82) is 0 Å². The number of carbonyl (C=O) groups excluding carboxylic acids is 1. The Balaban J connectivity index is 1.47. The van der Waals surface area contributed by atoms with Crippen LogP contribution in [0.25, 0.3) is 0 Å². The Kier molecular flexibility index (Phi) is 6.61. The summed E-state index contributed by atoms with van der Waals surface area (Å²) in [4.78, 5) is 14.7. The van der Waals surface area contributed by atoms with Crippen molar-refractivity contribution in [2.45, 2.75) is 52.9 Å². The van der Waals surface area contributed by atoms with Gasteiger partial charge in [0.2, 0.25) is 5.91 Å². The van der Waals surface area contributed by atoms with E-state index in [1.54, 1.807) is 19.3 Å². The first-order valence-corrected chi connectivity index (χ1v) is 10.1. The third-order valence-corrected chi connectivity index (χ3v) is 5.73. The number of aryl methyl sites for hydroxylation is 1. The highest BCUT2D eigenvalue weighted by molar-refractivity contribution is 7.71. The minimum Gasteiger partial charge on any atom is -0.352 e. The van der Waals surface area contributed by atoms with Gasteiger partial charge >= 0.3 is 0 Å². The average molecular weight is 406 g/mol. The van der Waals surface area contributed by atoms with E-state index in [0.29, 0.717) is 18.8 Å². The molecule has 1 aliphatic rings. The fraction of sp³-hybridized carbons (Fsp3) is 0.550. The van der Waals surface area contributed by atoms with Crippen molar-refractivity contribution in [2.75, 3.05) is 13.1 Å². The first kappa shape index (κ1) is 20.7. The Bertz CT molecular complexity index is 883. The fourth-order valence-corrected chi connectivity index (χ4v) is 3.77. The van der Waals surface area contributed by atoms with Gasteiger partial charge in [-0.05, 0) is 63.0 Å². The maximum Gasteiger partial charge on any atom is 0.223 e. The van der Waals surface area contributed by atoms with Crippen molar-refractivity contribution in [3.05, 3.63) is 46.2 Å². The minimum absolute atomic E-state index is 0.00672. The highest BCUT2D eigenvalue weighted by Crippen LogP contribution is 2.18. The molecule has 0 atom stereocenters. The zero-order valence-electron chi connectivity index (χ0n) is 16.7. The molecule has 1 aromatic carbocycles. The van der Waals surface area contributed by atoms with Crippen LogP contribution in [0.15, 0.2) is 24.5 Å². The SMILES string of the molecule is Cc1ccc(CNC(=O)C2CCN(Cn3ncn(C(C)C)c3=S)CC2)cc1F. The molecule has 1 amide bonds. The first-order chi connectivity index (χ1) is 13.3. The molecule has 1 aliphatic heterocycles. The molecule has 0 bridgehead atoms. The number of amides is 1. The van der Waals surface area contributed by atoms with Gasteiger partial charge in [0.25, 0.3) is 0 Å². The number of nitrogens with zero attached hydrogens (tertiary/aromatic N) is 4. The van der Waals surface area contributed by atoms with E-state index in [0.717, 1.165) is 36.3 Å². The molecule has 1 saturated heterocycles. The number of hydrogen-bond donors (Lipinski definition) is 1. The van der Waals surface area contributed by atoms with Crippen LogP contribution in [0, 0.1) is 23.4 Å². The zero-order chi connectivity index (χ0) is 20.3. The Hall–Kier alpha value is -2.06. The summed E-state index contributed by atoms with van der Waals surface area (Å²) in [6.07, 6.45) is 3.37. The lowest BCUT2D eigenvalue weighted by atomic mass is 9.96. The van der Waals surface area contributed by atoms with Crippen LogP contribution >= 0.6 is 12.2 Å². The highest BCUT2D eigenvalue weighted by Gasteiger charge is 2.25. The van der Waals surface area contributed by atoms with Crippen molar-refractivity contribution >= 4 is 18.1 Å². The van der Waals surface area contributed by atoms with Crippen LogP contribution in [0.5, 0.6) is 0 Å². The molecule has 0 unspecified atom stereocenters. The number of rotatable bonds is 6. The normalized spacial score (nSPS) is 15.9. The Labute approximate surface area is 170 Å². The summed E-state index contributed by atoms with van der Waals surface area (Å²) in [5.74, 6) is -0.201. The number of aromatic nitrogens is 3. The number of benzene rings is 1. The lowest BCUT2D eigenvalue weighted by molar-refractivity contribution is -0.126. The minimum atomic E-state index is -0.237. The summed E-state index contributed by atoms with van der Waals surface area (Å²) in [6, 6.07) is 5.36. The van der Waals surface area contributed by atoms with E-state index in [1.807, 2.05) is 15.3 Å². The molecule has 1 N–H and O–H groups in total. The summed E-state index contributed by atoms with van der Waals surface area (Å²) in [5.41, 5.74) is 1.39. The van der Waals surface area contributed by atoms with E-state index in [4.69, 9.17) is 12.2 Å². The summed E-state index contributed by atoms with van der Waals surface area (Å²) in [6.45, 7) is 8.55. The summed E-state index contributed by atoms with van der Waals surface area (Å²) in [7, 11) is 0. The number of nitrogens with one attached hydrogen (secondary N) is 1. The molecule has 8 heteroatoms. The van der Waals surface area contributed by atoms with Gasteiger partial charge in [-0.2, -0.15) is 5.10 Å². The molecule has 28 heavy (non-hydrogen) atoms. The van der Waals surface area contributed by atoms with E-state index < -0.39 is 0 Å². The van der Waals surface area contributed by atoms with E-state index in [1.165, 1.54) is 6.07 Å². The number of likely N-dealkylation sites (tertiary alicyclic amines) is 1. The van der Waals surface area contributed by atoms with Crippen LogP contribution in [-0.2, 0) is 18.0 Å². The maximum atomic E-state index is 13.6. The zero-order valence-corrected chi connectivity index (χ0v) is 17.5. The average Bonchev–Trinajstić information content (AvgIpc) is 3.03. The molecule has 0 spiro atoms. The lowest BCUT2D eigenvalue weighted by Crippen LogP contribution is -2.41. The van der Waals surface area contributed by atoms with Gasteiger partial charge in [-0.1, -0.05) is 12.1 Å². The monoisotopic (exact) mass is 405 g/mol. The predicted octanol–water partition coefficient (Wildman–Crippen LogP) is 3.43. The molecule has 0 saturated carbocycles. The Morgan fingerprint density at radius 3 is 2.68 bits per heavy atom. The third kappa shape index (κ3) is 4.86. The summed E-state index contributed by atoms with van der Waals surface area (Å²) < 4.78 is 18.2. The molecule has 0 aliphatic carbocycles. The Morgan fingerprint density at radius 1 is 1.36 bits per heavy atom. The molecule has 1 fully saturated rings. The van der Waals surface area contributed by atoms with Crippen LogP contribution in [0.4, 0.5) is 4.39 Å². The largest absolute Gasteiger partial charge is 0.352 e. The topological polar surface area (TPSA) is 55.1 Å². The molecule has 152 valence electrons. The van der Waals surface area contributed by atoms with Crippen LogP contribution in [0.1, 0.15) is 43.9 Å². The van der Waals surface area contributed by atoms with Gasteiger partial charge in [-0.25, -0.2) is 9.07 Å². The van der Waals surface area contributed by atoms with E-state index in [-0.39, 0.29) is 23.7 Å². The highest BCUT2D eigenvalue weighted by atomic mass is 32.1. The third-order valence-electron chi connectivity index (χ3n) is 5.31. The van der Waals surface area contributed by atoms with Gasteiger partial charge in [-0.3, -0.25) is 9.69 Å². The number of piperidine rings is 1. The van der Waals surface area contributed by atoms with Crippen LogP contribution in [0.2, 0.25) is 0 Å². The van der Waals surface area contributed by atoms with E-state index in [9.17, 15) is 9.18 Å². The van der Waals surface area contributed by atoms with Crippen molar-refractivity contribution in [1.82, 2.24) is 24.6 Å². The summed E-state index contributed by atoms with van der Waals surface area (Å²) in [5, 5.41) is 7.33. The molecule has 6 nitrogen and oxygen atoms in total. The van der Waals surface area contributed by atoms with Crippen molar-refractivity contribution in [3.8, 4) is 0 Å². The smallest absolute Gasteiger partial charge is 0.223 e. The van der Waals surface area contributed by atoms with E-state index >= 15 is 0 Å². The number of carbonyl (C=O) groups is 1. The number of halogens is 1. The first-order valence-electron chi connectivity index (χ1n) is 9.74. The second kappa shape index (κ2) is 8.96. The second-order valence-electron chi connectivity index (χ2n) is 7.75. The lowest BCUT2D eigenvalue weighted by Gasteiger charge is -2.31. The van der Waals surface area contributed by atoms with Gasteiger partial charge in [0.05, 0.1) is 6.67 Å². The Morgan fingerprint density at radius 2 is 2.07 bits per heavy atom. The van der Waals surface area contributed by atoms with Gasteiger partial charge in [0, 0.05) is 31.6 Å². The standard InChI is InChI=1S/C20H28FN5OS/c1-14(2)25-12-23-26(20(25)28)13-24-8-6-17(7-9-24)19(27)22-11-16-5-4-15(3)18(21)10-16/h4-5,10,12,14,17H,6-9,11,13H2,1-3H3,(H,22,27). The van der Waals surface area contributed by atoms with Gasteiger partial charge in [0.15, 0.2) is 4.77 Å². The molecule has 1 aromatic heterocycles. The van der Waals surface area contributed by atoms with Gasteiger partial charge in [-0.15, -0.1) is 0 Å².